The quantitative estimate of drug-likeness (QED) is 0.703. The van der Waals surface area contributed by atoms with E-state index < -0.39 is 5.79 Å². The summed E-state index contributed by atoms with van der Waals surface area (Å²) in [6, 6.07) is 13.2. The first-order chi connectivity index (χ1) is 14.6. The summed E-state index contributed by atoms with van der Waals surface area (Å²) in [6.07, 6.45) is 5.81. The number of benzene rings is 2. The van der Waals surface area contributed by atoms with Crippen molar-refractivity contribution in [3.63, 3.8) is 0 Å². The summed E-state index contributed by atoms with van der Waals surface area (Å²) >= 11 is 6.10. The Hall–Kier alpha value is -2.28. The van der Waals surface area contributed by atoms with Crippen LogP contribution in [0.1, 0.15) is 37.7 Å². The van der Waals surface area contributed by atoms with Gasteiger partial charge in [0.1, 0.15) is 5.75 Å². The second kappa shape index (κ2) is 8.10. The molecule has 1 saturated carbocycles. The minimum absolute atomic E-state index is 0.347. The summed E-state index contributed by atoms with van der Waals surface area (Å²) in [5.74, 6) is 0.333. The Balaban J connectivity index is 1.20. The summed E-state index contributed by atoms with van der Waals surface area (Å²) in [5.41, 5.74) is 2.19. The van der Waals surface area contributed by atoms with E-state index in [1.807, 2.05) is 30.3 Å². The molecule has 0 aromatic heterocycles. The van der Waals surface area contributed by atoms with Gasteiger partial charge < -0.3 is 20.1 Å². The maximum absolute atomic E-state index is 12.3. The first-order valence-corrected chi connectivity index (χ1v) is 11.0. The number of rotatable bonds is 3. The van der Waals surface area contributed by atoms with E-state index in [0.29, 0.717) is 23.0 Å². The molecule has 1 aliphatic carbocycles. The van der Waals surface area contributed by atoms with Crippen LogP contribution in [0.4, 0.5) is 16.2 Å². The van der Waals surface area contributed by atoms with Crippen LogP contribution in [-0.2, 0) is 11.3 Å². The number of nitrogens with zero attached hydrogens (tertiary/aromatic N) is 1. The SMILES string of the molecule is O=C(Nc1ccc2c(c1)COC1(CCN(C3CCC3)CC1)O2)Nc1ccccc1Cl. The molecular formula is C23H26ClN3O3. The van der Waals surface area contributed by atoms with Crippen molar-refractivity contribution < 1.29 is 14.3 Å². The number of hydrogen-bond acceptors (Lipinski definition) is 4. The number of hydrogen-bond donors (Lipinski definition) is 2. The van der Waals surface area contributed by atoms with Crippen molar-refractivity contribution >= 4 is 29.0 Å². The molecule has 30 heavy (non-hydrogen) atoms. The van der Waals surface area contributed by atoms with Gasteiger partial charge in [0.05, 0.1) is 17.3 Å². The fourth-order valence-corrected chi connectivity index (χ4v) is 4.57. The van der Waals surface area contributed by atoms with Gasteiger partial charge in [-0.1, -0.05) is 30.2 Å². The molecule has 1 spiro atoms. The number of anilines is 2. The van der Waals surface area contributed by atoms with E-state index >= 15 is 0 Å². The number of piperidine rings is 1. The van der Waals surface area contributed by atoms with Crippen molar-refractivity contribution in [3.05, 3.63) is 53.1 Å². The zero-order valence-electron chi connectivity index (χ0n) is 16.8. The number of ether oxygens (including phenoxy) is 2. The molecule has 2 fully saturated rings. The molecule has 5 rings (SSSR count). The lowest BCUT2D eigenvalue weighted by Crippen LogP contribution is -2.54. The topological polar surface area (TPSA) is 62.8 Å². The number of likely N-dealkylation sites (tertiary alicyclic amines) is 1. The Morgan fingerprint density at radius 3 is 2.63 bits per heavy atom. The van der Waals surface area contributed by atoms with E-state index in [-0.39, 0.29) is 6.03 Å². The van der Waals surface area contributed by atoms with E-state index in [0.717, 1.165) is 43.3 Å². The molecule has 2 aromatic rings. The summed E-state index contributed by atoms with van der Waals surface area (Å²) in [7, 11) is 0. The number of amides is 2. The molecule has 0 bridgehead atoms. The highest BCUT2D eigenvalue weighted by molar-refractivity contribution is 6.33. The Kier molecular flexibility index (Phi) is 5.31. The molecule has 3 aliphatic rings. The molecule has 1 saturated heterocycles. The minimum atomic E-state index is -0.510. The molecule has 2 amide bonds. The normalized spacial score (nSPS) is 20.7. The monoisotopic (exact) mass is 427 g/mol. The van der Waals surface area contributed by atoms with Gasteiger partial charge in [0.25, 0.3) is 0 Å². The van der Waals surface area contributed by atoms with E-state index in [2.05, 4.69) is 15.5 Å². The van der Waals surface area contributed by atoms with Crippen LogP contribution in [0.15, 0.2) is 42.5 Å². The van der Waals surface area contributed by atoms with Crippen LogP contribution in [-0.4, -0.2) is 35.8 Å². The summed E-state index contributed by atoms with van der Waals surface area (Å²) in [4.78, 5) is 14.9. The standard InChI is InChI=1S/C23H26ClN3O3/c24-19-6-1-2-7-20(19)26-22(28)25-17-8-9-21-16(14-17)15-29-23(30-21)10-12-27(13-11-23)18-4-3-5-18/h1-2,6-9,14,18H,3-5,10-13,15H2,(H2,25,26,28). The highest BCUT2D eigenvalue weighted by Crippen LogP contribution is 2.40. The van der Waals surface area contributed by atoms with E-state index in [4.69, 9.17) is 21.1 Å². The predicted molar refractivity (Wildman–Crippen MR) is 117 cm³/mol. The van der Waals surface area contributed by atoms with Gasteiger partial charge >= 0.3 is 6.03 Å². The fraction of sp³-hybridized carbons (Fsp3) is 0.435. The number of fused-ring (bicyclic) bond motifs is 1. The molecule has 158 valence electrons. The molecule has 0 radical (unpaired) electrons. The number of halogens is 1. The lowest BCUT2D eigenvalue weighted by Gasteiger charge is -2.47. The van der Waals surface area contributed by atoms with Crippen LogP contribution >= 0.6 is 11.6 Å². The van der Waals surface area contributed by atoms with Crippen molar-refractivity contribution in [2.24, 2.45) is 0 Å². The van der Waals surface area contributed by atoms with Gasteiger partial charge in [-0.05, 0) is 43.2 Å². The van der Waals surface area contributed by atoms with Gasteiger partial charge in [0, 0.05) is 43.2 Å². The van der Waals surface area contributed by atoms with Gasteiger partial charge in [-0.3, -0.25) is 4.90 Å². The van der Waals surface area contributed by atoms with Crippen LogP contribution in [0.2, 0.25) is 5.02 Å². The lowest BCUT2D eigenvalue weighted by molar-refractivity contribution is -0.231. The Bertz CT molecular complexity index is 939. The summed E-state index contributed by atoms with van der Waals surface area (Å²) in [6.45, 7) is 2.55. The van der Waals surface area contributed by atoms with E-state index in [1.165, 1.54) is 19.3 Å². The third-order valence-electron chi connectivity index (χ3n) is 6.38. The largest absolute Gasteiger partial charge is 0.462 e. The lowest BCUT2D eigenvalue weighted by atomic mass is 9.89. The molecule has 2 aliphatic heterocycles. The number of urea groups is 1. The first kappa shape index (κ1) is 19.7. The summed E-state index contributed by atoms with van der Waals surface area (Å²) < 4.78 is 12.5. The molecule has 0 atom stereocenters. The average Bonchev–Trinajstić information content (AvgIpc) is 2.70. The third-order valence-corrected chi connectivity index (χ3v) is 6.71. The van der Waals surface area contributed by atoms with Crippen LogP contribution in [0.5, 0.6) is 5.75 Å². The molecule has 6 nitrogen and oxygen atoms in total. The zero-order chi connectivity index (χ0) is 20.6. The molecule has 0 unspecified atom stereocenters. The fourth-order valence-electron chi connectivity index (χ4n) is 4.38. The highest BCUT2D eigenvalue weighted by atomic mass is 35.5. The van der Waals surface area contributed by atoms with Crippen molar-refractivity contribution in [1.82, 2.24) is 4.90 Å². The summed E-state index contributed by atoms with van der Waals surface area (Å²) in [5, 5.41) is 6.10. The second-order valence-electron chi connectivity index (χ2n) is 8.30. The third kappa shape index (κ3) is 4.00. The predicted octanol–water partition coefficient (Wildman–Crippen LogP) is 5.24. The Labute approximate surface area is 181 Å². The molecule has 2 aromatic carbocycles. The van der Waals surface area contributed by atoms with Crippen molar-refractivity contribution in [2.45, 2.75) is 50.5 Å². The molecular weight excluding hydrogens is 402 g/mol. The number of carbonyl (C=O) groups is 1. The molecule has 2 heterocycles. The second-order valence-corrected chi connectivity index (χ2v) is 8.71. The van der Waals surface area contributed by atoms with Crippen LogP contribution in [0.3, 0.4) is 0 Å². The van der Waals surface area contributed by atoms with Gasteiger partial charge in [0.2, 0.25) is 5.79 Å². The van der Waals surface area contributed by atoms with Crippen LogP contribution in [0, 0.1) is 0 Å². The highest BCUT2D eigenvalue weighted by Gasteiger charge is 2.42. The first-order valence-electron chi connectivity index (χ1n) is 10.6. The van der Waals surface area contributed by atoms with Crippen molar-refractivity contribution in [1.29, 1.82) is 0 Å². The number of para-hydroxylation sites is 1. The Morgan fingerprint density at radius 2 is 1.90 bits per heavy atom. The average molecular weight is 428 g/mol. The minimum Gasteiger partial charge on any atom is -0.462 e. The van der Waals surface area contributed by atoms with E-state index in [1.54, 1.807) is 12.1 Å². The number of carbonyl (C=O) groups excluding carboxylic acids is 1. The van der Waals surface area contributed by atoms with Crippen LogP contribution in [0.25, 0.3) is 0 Å². The van der Waals surface area contributed by atoms with Gasteiger partial charge in [-0.15, -0.1) is 0 Å². The van der Waals surface area contributed by atoms with Gasteiger partial charge in [-0.25, -0.2) is 4.79 Å². The van der Waals surface area contributed by atoms with E-state index in [9.17, 15) is 4.79 Å². The van der Waals surface area contributed by atoms with Gasteiger partial charge in [0.15, 0.2) is 0 Å². The van der Waals surface area contributed by atoms with Crippen molar-refractivity contribution in [2.75, 3.05) is 23.7 Å². The van der Waals surface area contributed by atoms with Gasteiger partial charge in [-0.2, -0.15) is 0 Å². The van der Waals surface area contributed by atoms with Crippen LogP contribution < -0.4 is 15.4 Å². The Morgan fingerprint density at radius 1 is 1.10 bits per heavy atom. The van der Waals surface area contributed by atoms with Crippen molar-refractivity contribution in [3.8, 4) is 5.75 Å². The smallest absolute Gasteiger partial charge is 0.323 e. The molecule has 2 N–H and O–H groups in total. The molecule has 7 heteroatoms. The maximum atomic E-state index is 12.3. The maximum Gasteiger partial charge on any atom is 0.323 e. The zero-order valence-corrected chi connectivity index (χ0v) is 17.6. The number of nitrogens with one attached hydrogen (secondary N) is 2.